The number of fused-ring (bicyclic) bond motifs is 2. The number of rotatable bonds is 0. The Morgan fingerprint density at radius 3 is 1.20 bits per heavy atom. The van der Waals surface area contributed by atoms with Gasteiger partial charge >= 0.3 is 0 Å². The van der Waals surface area contributed by atoms with E-state index in [2.05, 4.69) is 88.6 Å². The molecule has 4 nitrogen and oxygen atoms in total. The molecule has 0 unspecified atom stereocenters. The number of hydrogen-bond acceptors (Lipinski definition) is 4. The number of aryl methyl sites for hydroxylation is 4. The van der Waals surface area contributed by atoms with Crippen LogP contribution in [0, 0.1) is 27.7 Å². The zero-order valence-corrected chi connectivity index (χ0v) is 19.4. The molecule has 0 aliphatic carbocycles. The topological polar surface area (TPSA) is 48.8 Å². The van der Waals surface area contributed by atoms with Crippen LogP contribution >= 0.6 is 0 Å². The van der Waals surface area contributed by atoms with Crippen molar-refractivity contribution in [3.05, 3.63) is 70.1 Å². The van der Waals surface area contributed by atoms with Crippen LogP contribution in [-0.4, -0.2) is 11.4 Å². The molecule has 0 saturated heterocycles. The number of aliphatic imine (C=N–C) groups is 2. The van der Waals surface area contributed by atoms with Gasteiger partial charge in [-0.05, 0) is 114 Å². The summed E-state index contributed by atoms with van der Waals surface area (Å²) in [4.78, 5) is 9.80. The van der Waals surface area contributed by atoms with Crippen LogP contribution < -0.4 is 10.6 Å². The standard InChI is InChI=1S/C26H32N4/c1-15-9-23-24(10-16(15)2)28-20(6)14-22(8)30-26-12-18(4)17(3)11-25(26)29-21(7)13-19(5)27-23/h9-14,27,30H,1-8H3/b19-13-,22-14-,28-20?,29-21?. The number of nitrogens with zero attached hydrogens (tertiary/aromatic N) is 2. The van der Waals surface area contributed by atoms with E-state index in [1.165, 1.54) is 22.3 Å². The molecule has 30 heavy (non-hydrogen) atoms. The summed E-state index contributed by atoms with van der Waals surface area (Å²) < 4.78 is 0. The van der Waals surface area contributed by atoms with Crippen LogP contribution in [0.5, 0.6) is 0 Å². The summed E-state index contributed by atoms with van der Waals surface area (Å²) in [5.74, 6) is 0. The molecule has 4 heteroatoms. The van der Waals surface area contributed by atoms with Crippen molar-refractivity contribution in [1.29, 1.82) is 0 Å². The van der Waals surface area contributed by atoms with Gasteiger partial charge in [0, 0.05) is 22.8 Å². The summed E-state index contributed by atoms with van der Waals surface area (Å²) in [5.41, 5.74) is 12.7. The maximum Gasteiger partial charge on any atom is 0.0870 e. The van der Waals surface area contributed by atoms with Crippen LogP contribution in [0.2, 0.25) is 0 Å². The van der Waals surface area contributed by atoms with Gasteiger partial charge in [-0.2, -0.15) is 0 Å². The van der Waals surface area contributed by atoms with Gasteiger partial charge in [0.15, 0.2) is 0 Å². The Hall–Kier alpha value is -3.14. The molecule has 2 aromatic carbocycles. The molecular weight excluding hydrogens is 368 g/mol. The largest absolute Gasteiger partial charge is 0.357 e. The van der Waals surface area contributed by atoms with E-state index in [1.807, 2.05) is 13.8 Å². The SMILES string of the molecule is CC1=Nc2cc(C)c(C)cc2N/C(C)=C\C(C)=Nc2cc(C)c(C)cc2N/C(C)=C\1. The van der Waals surface area contributed by atoms with E-state index in [0.717, 1.165) is 45.6 Å². The van der Waals surface area contributed by atoms with Crippen molar-refractivity contribution in [3.8, 4) is 0 Å². The highest BCUT2D eigenvalue weighted by atomic mass is 14.9. The summed E-state index contributed by atoms with van der Waals surface area (Å²) in [7, 11) is 0. The minimum atomic E-state index is 0.936. The highest BCUT2D eigenvalue weighted by molar-refractivity contribution is 5.99. The molecule has 0 amide bonds. The summed E-state index contributed by atoms with van der Waals surface area (Å²) >= 11 is 0. The van der Waals surface area contributed by atoms with Gasteiger partial charge < -0.3 is 10.6 Å². The number of benzene rings is 2. The Morgan fingerprint density at radius 1 is 0.500 bits per heavy atom. The molecule has 0 bridgehead atoms. The summed E-state index contributed by atoms with van der Waals surface area (Å²) in [6.45, 7) is 16.7. The first-order valence-corrected chi connectivity index (χ1v) is 10.4. The van der Waals surface area contributed by atoms with Crippen LogP contribution in [0.25, 0.3) is 0 Å². The molecule has 1 heterocycles. The molecule has 0 saturated carbocycles. The first kappa shape index (κ1) is 21.6. The number of anilines is 2. The third kappa shape index (κ3) is 5.07. The first-order valence-electron chi connectivity index (χ1n) is 10.4. The van der Waals surface area contributed by atoms with E-state index in [-0.39, 0.29) is 0 Å². The van der Waals surface area contributed by atoms with Gasteiger partial charge in [0.05, 0.1) is 22.7 Å². The van der Waals surface area contributed by atoms with Crippen molar-refractivity contribution in [1.82, 2.24) is 0 Å². The fourth-order valence-electron chi connectivity index (χ4n) is 3.56. The van der Waals surface area contributed by atoms with Gasteiger partial charge in [0.25, 0.3) is 0 Å². The Kier molecular flexibility index (Phi) is 6.25. The van der Waals surface area contributed by atoms with Crippen LogP contribution in [0.3, 0.4) is 0 Å². The number of allylic oxidation sites excluding steroid dienone is 4. The molecule has 1 aliphatic rings. The highest BCUT2D eigenvalue weighted by Crippen LogP contribution is 2.32. The first-order chi connectivity index (χ1) is 14.1. The molecule has 2 N–H and O–H groups in total. The molecule has 3 rings (SSSR count). The van der Waals surface area contributed by atoms with Gasteiger partial charge in [-0.25, -0.2) is 0 Å². The third-order valence-electron chi connectivity index (χ3n) is 5.33. The lowest BCUT2D eigenvalue weighted by atomic mass is 10.1. The summed E-state index contributed by atoms with van der Waals surface area (Å²) in [5, 5.41) is 7.05. The Balaban J connectivity index is 2.20. The lowest BCUT2D eigenvalue weighted by Gasteiger charge is -2.16. The third-order valence-corrected chi connectivity index (χ3v) is 5.33. The lowest BCUT2D eigenvalue weighted by Crippen LogP contribution is -2.03. The minimum Gasteiger partial charge on any atom is -0.357 e. The van der Waals surface area contributed by atoms with E-state index in [1.54, 1.807) is 0 Å². The van der Waals surface area contributed by atoms with E-state index >= 15 is 0 Å². The fourth-order valence-corrected chi connectivity index (χ4v) is 3.56. The second-order valence-electron chi connectivity index (χ2n) is 8.32. The average molecular weight is 401 g/mol. The molecular formula is C26H32N4. The van der Waals surface area contributed by atoms with E-state index < -0.39 is 0 Å². The van der Waals surface area contributed by atoms with Crippen LogP contribution in [0.4, 0.5) is 22.7 Å². The number of hydrogen-bond donors (Lipinski definition) is 2. The predicted molar refractivity (Wildman–Crippen MR) is 132 cm³/mol. The van der Waals surface area contributed by atoms with Crippen LogP contribution in [-0.2, 0) is 0 Å². The molecule has 0 radical (unpaired) electrons. The van der Waals surface area contributed by atoms with Gasteiger partial charge in [-0.3, -0.25) is 9.98 Å². The Morgan fingerprint density at radius 2 is 0.833 bits per heavy atom. The van der Waals surface area contributed by atoms with Gasteiger partial charge in [-0.1, -0.05) is 0 Å². The van der Waals surface area contributed by atoms with Gasteiger partial charge in [0.1, 0.15) is 0 Å². The van der Waals surface area contributed by atoms with Gasteiger partial charge in [-0.15, -0.1) is 0 Å². The van der Waals surface area contributed by atoms with Crippen molar-refractivity contribution >= 4 is 34.2 Å². The second-order valence-corrected chi connectivity index (χ2v) is 8.32. The summed E-state index contributed by atoms with van der Waals surface area (Å²) in [6.07, 6.45) is 4.14. The average Bonchev–Trinajstić information content (AvgIpc) is 2.62. The van der Waals surface area contributed by atoms with Gasteiger partial charge in [0.2, 0.25) is 0 Å². The normalized spacial score (nSPS) is 18.1. The summed E-state index contributed by atoms with van der Waals surface area (Å²) in [6, 6.07) is 8.60. The minimum absolute atomic E-state index is 0.936. The maximum atomic E-state index is 4.90. The van der Waals surface area contributed by atoms with Crippen molar-refractivity contribution < 1.29 is 0 Å². The highest BCUT2D eigenvalue weighted by Gasteiger charge is 2.09. The van der Waals surface area contributed by atoms with E-state index in [9.17, 15) is 0 Å². The lowest BCUT2D eigenvalue weighted by molar-refractivity contribution is 1.28. The quantitative estimate of drug-likeness (QED) is 0.482. The van der Waals surface area contributed by atoms with Crippen molar-refractivity contribution in [3.63, 3.8) is 0 Å². The van der Waals surface area contributed by atoms with E-state index in [0.29, 0.717) is 0 Å². The molecule has 0 atom stereocenters. The fraction of sp³-hybridized carbons (Fsp3) is 0.308. The van der Waals surface area contributed by atoms with Crippen LogP contribution in [0.15, 0.2) is 57.8 Å². The molecule has 156 valence electrons. The Labute approximate surface area is 180 Å². The molecule has 2 aromatic rings. The van der Waals surface area contributed by atoms with Crippen molar-refractivity contribution in [2.75, 3.05) is 10.6 Å². The number of nitrogens with one attached hydrogen (secondary N) is 2. The second kappa shape index (κ2) is 8.70. The molecule has 0 fully saturated rings. The predicted octanol–water partition coefficient (Wildman–Crippen LogP) is 7.45. The van der Waals surface area contributed by atoms with E-state index in [4.69, 9.17) is 9.98 Å². The monoisotopic (exact) mass is 400 g/mol. The molecule has 1 aliphatic heterocycles. The zero-order valence-electron chi connectivity index (χ0n) is 19.4. The zero-order chi connectivity index (χ0) is 22.0. The maximum absolute atomic E-state index is 4.90. The molecule has 0 aromatic heterocycles. The smallest absolute Gasteiger partial charge is 0.0870 e. The van der Waals surface area contributed by atoms with Crippen LogP contribution in [0.1, 0.15) is 49.9 Å². The Bertz CT molecular complexity index is 1020. The van der Waals surface area contributed by atoms with Crippen molar-refractivity contribution in [2.24, 2.45) is 9.98 Å². The van der Waals surface area contributed by atoms with Crippen molar-refractivity contribution in [2.45, 2.75) is 55.4 Å². The molecule has 0 spiro atoms.